The molecule has 86 valence electrons. The summed E-state index contributed by atoms with van der Waals surface area (Å²) in [6.07, 6.45) is 4.03. The van der Waals surface area contributed by atoms with Crippen LogP contribution >= 0.6 is 11.8 Å². The number of hydrogen-bond donors (Lipinski definition) is 1. The minimum atomic E-state index is 0.543. The van der Waals surface area contributed by atoms with E-state index in [0.717, 1.165) is 5.92 Å². The van der Waals surface area contributed by atoms with E-state index in [9.17, 15) is 0 Å². The van der Waals surface area contributed by atoms with E-state index in [1.807, 2.05) is 0 Å². The maximum absolute atomic E-state index is 3.74. The summed E-state index contributed by atoms with van der Waals surface area (Å²) in [5.74, 6) is 2.12. The van der Waals surface area contributed by atoms with Gasteiger partial charge in [-0.05, 0) is 36.3 Å². The molecule has 1 aromatic rings. The van der Waals surface area contributed by atoms with Crippen molar-refractivity contribution < 1.29 is 0 Å². The number of thioether (sulfide) groups is 1. The standard InChI is InChI=1S/C14H19NS/c1-2-11-9-16-14(15-11)13-6-4-3-5-12(13)10-7-8-10/h3-6,10-11,14-15H,2,7-9H2,1H3. The second-order valence-corrected chi connectivity index (χ2v) is 6.03. The van der Waals surface area contributed by atoms with Crippen LogP contribution in [0.2, 0.25) is 0 Å². The fourth-order valence-corrected chi connectivity index (χ4v) is 3.89. The van der Waals surface area contributed by atoms with Gasteiger partial charge >= 0.3 is 0 Å². The van der Waals surface area contributed by atoms with Crippen molar-refractivity contribution in [3.8, 4) is 0 Å². The van der Waals surface area contributed by atoms with E-state index >= 15 is 0 Å². The van der Waals surface area contributed by atoms with Crippen molar-refractivity contribution in [1.82, 2.24) is 5.32 Å². The Bertz CT molecular complexity index is 373. The summed E-state index contributed by atoms with van der Waals surface area (Å²) in [4.78, 5) is 0. The second-order valence-electron chi connectivity index (χ2n) is 4.89. The summed E-state index contributed by atoms with van der Waals surface area (Å²) in [5, 5.41) is 4.29. The molecule has 0 spiro atoms. The first-order chi connectivity index (χ1) is 7.88. The topological polar surface area (TPSA) is 12.0 Å². The highest BCUT2D eigenvalue weighted by Gasteiger charge is 2.31. The molecule has 2 heteroatoms. The minimum absolute atomic E-state index is 0.543. The third-order valence-electron chi connectivity index (χ3n) is 3.64. The van der Waals surface area contributed by atoms with Crippen molar-refractivity contribution in [3.05, 3.63) is 35.4 Å². The van der Waals surface area contributed by atoms with Gasteiger partial charge in [-0.1, -0.05) is 31.2 Å². The van der Waals surface area contributed by atoms with Crippen LogP contribution in [0.15, 0.2) is 24.3 Å². The molecule has 1 N–H and O–H groups in total. The van der Waals surface area contributed by atoms with E-state index in [4.69, 9.17) is 0 Å². The molecule has 16 heavy (non-hydrogen) atoms. The van der Waals surface area contributed by atoms with Gasteiger partial charge in [0, 0.05) is 11.8 Å². The molecule has 0 radical (unpaired) electrons. The highest BCUT2D eigenvalue weighted by atomic mass is 32.2. The third kappa shape index (κ3) is 2.01. The lowest BCUT2D eigenvalue weighted by molar-refractivity contribution is 0.559. The van der Waals surface area contributed by atoms with E-state index in [1.54, 1.807) is 11.1 Å². The van der Waals surface area contributed by atoms with Gasteiger partial charge in [-0.15, -0.1) is 11.8 Å². The summed E-state index contributed by atoms with van der Waals surface area (Å²) in [6.45, 7) is 2.27. The highest BCUT2D eigenvalue weighted by Crippen LogP contribution is 2.45. The van der Waals surface area contributed by atoms with Crippen molar-refractivity contribution in [1.29, 1.82) is 0 Å². The molecule has 1 saturated carbocycles. The van der Waals surface area contributed by atoms with Gasteiger partial charge in [0.2, 0.25) is 0 Å². The first-order valence-electron chi connectivity index (χ1n) is 6.35. The predicted octanol–water partition coefficient (Wildman–Crippen LogP) is 3.68. The van der Waals surface area contributed by atoms with Gasteiger partial charge in [-0.25, -0.2) is 0 Å². The second kappa shape index (κ2) is 4.42. The van der Waals surface area contributed by atoms with Crippen LogP contribution in [-0.4, -0.2) is 11.8 Å². The Labute approximate surface area is 102 Å². The Morgan fingerprint density at radius 1 is 1.25 bits per heavy atom. The molecular weight excluding hydrogens is 214 g/mol. The largest absolute Gasteiger partial charge is 0.298 e. The lowest BCUT2D eigenvalue weighted by atomic mass is 10.0. The molecule has 0 bridgehead atoms. The average Bonchev–Trinajstić information content (AvgIpc) is 3.07. The fourth-order valence-electron chi connectivity index (χ4n) is 2.45. The maximum atomic E-state index is 3.74. The Balaban J connectivity index is 1.83. The summed E-state index contributed by atoms with van der Waals surface area (Å²) >= 11 is 2.08. The maximum Gasteiger partial charge on any atom is 0.0795 e. The van der Waals surface area contributed by atoms with Gasteiger partial charge in [0.15, 0.2) is 0 Å². The molecule has 1 saturated heterocycles. The Kier molecular flexibility index (Phi) is 2.95. The van der Waals surface area contributed by atoms with Crippen LogP contribution in [0, 0.1) is 0 Å². The van der Waals surface area contributed by atoms with E-state index in [2.05, 4.69) is 48.3 Å². The molecule has 2 aliphatic rings. The summed E-state index contributed by atoms with van der Waals surface area (Å²) in [5.41, 5.74) is 3.15. The van der Waals surface area contributed by atoms with E-state index in [-0.39, 0.29) is 0 Å². The first kappa shape index (κ1) is 10.7. The Hall–Kier alpha value is -0.470. The minimum Gasteiger partial charge on any atom is -0.298 e. The summed E-state index contributed by atoms with van der Waals surface area (Å²) < 4.78 is 0. The number of hydrogen-bond acceptors (Lipinski definition) is 2. The predicted molar refractivity (Wildman–Crippen MR) is 70.8 cm³/mol. The van der Waals surface area contributed by atoms with E-state index < -0.39 is 0 Å². The zero-order valence-corrected chi connectivity index (χ0v) is 10.6. The van der Waals surface area contributed by atoms with Gasteiger partial charge in [0.1, 0.15) is 0 Å². The van der Waals surface area contributed by atoms with Gasteiger partial charge < -0.3 is 0 Å². The van der Waals surface area contributed by atoms with Gasteiger partial charge in [-0.3, -0.25) is 5.32 Å². The molecule has 0 amide bonds. The quantitative estimate of drug-likeness (QED) is 0.854. The van der Waals surface area contributed by atoms with Crippen LogP contribution in [0.3, 0.4) is 0 Å². The number of rotatable bonds is 3. The molecule has 3 rings (SSSR count). The van der Waals surface area contributed by atoms with Crippen molar-refractivity contribution in [2.24, 2.45) is 0 Å². The Morgan fingerprint density at radius 3 is 2.62 bits per heavy atom. The van der Waals surface area contributed by atoms with Gasteiger partial charge in [0.25, 0.3) is 0 Å². The molecule has 1 heterocycles. The molecule has 2 fully saturated rings. The monoisotopic (exact) mass is 233 g/mol. The van der Waals surface area contributed by atoms with E-state index in [0.29, 0.717) is 11.4 Å². The number of benzene rings is 1. The van der Waals surface area contributed by atoms with Crippen molar-refractivity contribution in [3.63, 3.8) is 0 Å². The molecular formula is C14H19NS. The molecule has 2 atom stereocenters. The molecule has 1 aliphatic carbocycles. The van der Waals surface area contributed by atoms with Crippen molar-refractivity contribution in [2.75, 3.05) is 5.75 Å². The smallest absolute Gasteiger partial charge is 0.0795 e. The first-order valence-corrected chi connectivity index (χ1v) is 7.40. The zero-order valence-electron chi connectivity index (χ0n) is 9.78. The highest BCUT2D eigenvalue weighted by molar-refractivity contribution is 7.99. The third-order valence-corrected chi connectivity index (χ3v) is 4.96. The summed E-state index contributed by atoms with van der Waals surface area (Å²) in [6, 6.07) is 9.73. The molecule has 1 aromatic carbocycles. The van der Waals surface area contributed by atoms with Gasteiger partial charge in [0.05, 0.1) is 5.37 Å². The summed E-state index contributed by atoms with van der Waals surface area (Å²) in [7, 11) is 0. The average molecular weight is 233 g/mol. The zero-order chi connectivity index (χ0) is 11.0. The van der Waals surface area contributed by atoms with Crippen LogP contribution in [0.5, 0.6) is 0 Å². The van der Waals surface area contributed by atoms with Crippen LogP contribution in [0.25, 0.3) is 0 Å². The molecule has 1 nitrogen and oxygen atoms in total. The Morgan fingerprint density at radius 2 is 2.00 bits per heavy atom. The SMILES string of the molecule is CCC1CSC(c2ccccc2C2CC2)N1. The lowest BCUT2D eigenvalue weighted by Crippen LogP contribution is -2.25. The number of nitrogens with one attached hydrogen (secondary N) is 1. The van der Waals surface area contributed by atoms with E-state index in [1.165, 1.54) is 25.0 Å². The fraction of sp³-hybridized carbons (Fsp3) is 0.571. The van der Waals surface area contributed by atoms with Crippen LogP contribution < -0.4 is 5.32 Å². The van der Waals surface area contributed by atoms with Crippen LogP contribution in [-0.2, 0) is 0 Å². The van der Waals surface area contributed by atoms with Crippen LogP contribution in [0.1, 0.15) is 48.6 Å². The van der Waals surface area contributed by atoms with Crippen molar-refractivity contribution in [2.45, 2.75) is 43.5 Å². The normalized spacial score (nSPS) is 29.6. The van der Waals surface area contributed by atoms with Crippen molar-refractivity contribution >= 4 is 11.8 Å². The molecule has 0 aromatic heterocycles. The molecule has 2 unspecified atom stereocenters. The van der Waals surface area contributed by atoms with Gasteiger partial charge in [-0.2, -0.15) is 0 Å². The van der Waals surface area contributed by atoms with Crippen LogP contribution in [0.4, 0.5) is 0 Å². The lowest BCUT2D eigenvalue weighted by Gasteiger charge is -2.16. The molecule has 1 aliphatic heterocycles.